The maximum atomic E-state index is 11.5. The van der Waals surface area contributed by atoms with E-state index in [0.29, 0.717) is 5.02 Å². The molecule has 0 unspecified atom stereocenters. The number of benzene rings is 1. The summed E-state index contributed by atoms with van der Waals surface area (Å²) >= 11 is 5.81. The third kappa shape index (κ3) is 3.77. The molecule has 0 aliphatic heterocycles. The molecule has 0 radical (unpaired) electrons. The van der Waals surface area contributed by atoms with E-state index in [0.717, 1.165) is 5.56 Å². The average molecular weight is 241 g/mol. The smallest absolute Gasteiger partial charge is 0.221 e. The van der Waals surface area contributed by atoms with Crippen LogP contribution in [0.2, 0.25) is 5.02 Å². The summed E-state index contributed by atoms with van der Waals surface area (Å²) in [5.74, 6) is -0.245. The van der Waals surface area contributed by atoms with Crippen molar-refractivity contribution in [2.45, 2.75) is 6.29 Å². The zero-order valence-electron chi connectivity index (χ0n) is 9.14. The number of hydrogen-bond acceptors (Lipinski definition) is 3. The molecule has 0 aliphatic rings. The highest BCUT2D eigenvalue weighted by atomic mass is 35.5. The summed E-state index contributed by atoms with van der Waals surface area (Å²) in [6.07, 6.45) is 2.22. The SMILES string of the molecule is COC(OC)C(=O)C=Cc1cccc(Cl)c1. The van der Waals surface area contributed by atoms with Crippen LogP contribution in [0, 0.1) is 0 Å². The second-order valence-electron chi connectivity index (χ2n) is 3.09. The van der Waals surface area contributed by atoms with Crippen molar-refractivity contribution in [3.63, 3.8) is 0 Å². The van der Waals surface area contributed by atoms with E-state index < -0.39 is 6.29 Å². The second kappa shape index (κ2) is 6.43. The van der Waals surface area contributed by atoms with E-state index in [1.165, 1.54) is 20.3 Å². The quantitative estimate of drug-likeness (QED) is 0.586. The van der Waals surface area contributed by atoms with Crippen LogP contribution in [0.15, 0.2) is 30.3 Å². The maximum Gasteiger partial charge on any atom is 0.221 e. The standard InChI is InChI=1S/C12H13ClO3/c1-15-12(16-2)11(14)7-6-9-4-3-5-10(13)8-9/h3-8,12H,1-2H3. The fraction of sp³-hybridized carbons (Fsp3) is 0.250. The van der Waals surface area contributed by atoms with Crippen LogP contribution in [-0.4, -0.2) is 26.3 Å². The van der Waals surface area contributed by atoms with Crippen molar-refractivity contribution >= 4 is 23.5 Å². The van der Waals surface area contributed by atoms with Gasteiger partial charge in [-0.05, 0) is 23.8 Å². The van der Waals surface area contributed by atoms with Gasteiger partial charge in [-0.2, -0.15) is 0 Å². The number of methoxy groups -OCH3 is 2. The number of hydrogen-bond donors (Lipinski definition) is 0. The van der Waals surface area contributed by atoms with Gasteiger partial charge in [-0.15, -0.1) is 0 Å². The van der Waals surface area contributed by atoms with E-state index in [1.54, 1.807) is 18.2 Å². The van der Waals surface area contributed by atoms with E-state index in [1.807, 2.05) is 12.1 Å². The molecule has 0 saturated heterocycles. The van der Waals surface area contributed by atoms with Crippen LogP contribution in [0.25, 0.3) is 6.08 Å². The van der Waals surface area contributed by atoms with Gasteiger partial charge in [0.25, 0.3) is 0 Å². The minimum atomic E-state index is -0.851. The van der Waals surface area contributed by atoms with Crippen molar-refractivity contribution < 1.29 is 14.3 Å². The topological polar surface area (TPSA) is 35.5 Å². The second-order valence-corrected chi connectivity index (χ2v) is 3.53. The number of carbonyl (C=O) groups excluding carboxylic acids is 1. The van der Waals surface area contributed by atoms with Crippen molar-refractivity contribution in [2.24, 2.45) is 0 Å². The number of carbonyl (C=O) groups is 1. The highest BCUT2D eigenvalue weighted by molar-refractivity contribution is 6.30. The monoisotopic (exact) mass is 240 g/mol. The molecular formula is C12H13ClO3. The minimum Gasteiger partial charge on any atom is -0.349 e. The molecule has 0 atom stereocenters. The zero-order chi connectivity index (χ0) is 12.0. The van der Waals surface area contributed by atoms with Crippen LogP contribution in [0.1, 0.15) is 5.56 Å². The molecule has 3 nitrogen and oxygen atoms in total. The molecule has 1 aromatic carbocycles. The van der Waals surface area contributed by atoms with Crippen LogP contribution in [0.5, 0.6) is 0 Å². The lowest BCUT2D eigenvalue weighted by atomic mass is 10.2. The normalized spacial score (nSPS) is 11.2. The number of ketones is 1. The first kappa shape index (κ1) is 12.9. The molecule has 0 spiro atoms. The Morgan fingerprint density at radius 2 is 2.06 bits per heavy atom. The Hall–Kier alpha value is -1.16. The van der Waals surface area contributed by atoms with Gasteiger partial charge in [-0.3, -0.25) is 4.79 Å². The lowest BCUT2D eigenvalue weighted by molar-refractivity contribution is -0.151. The minimum absolute atomic E-state index is 0.245. The van der Waals surface area contributed by atoms with Gasteiger partial charge in [0.05, 0.1) is 0 Å². The molecule has 16 heavy (non-hydrogen) atoms. The number of rotatable bonds is 5. The molecule has 0 aliphatic carbocycles. The van der Waals surface area contributed by atoms with Gasteiger partial charge in [0.15, 0.2) is 0 Å². The van der Waals surface area contributed by atoms with Crippen molar-refractivity contribution in [3.05, 3.63) is 40.9 Å². The summed E-state index contributed by atoms with van der Waals surface area (Å²) in [7, 11) is 2.83. The van der Waals surface area contributed by atoms with Crippen LogP contribution < -0.4 is 0 Å². The fourth-order valence-electron chi connectivity index (χ4n) is 1.20. The van der Waals surface area contributed by atoms with Crippen LogP contribution in [0.3, 0.4) is 0 Å². The molecule has 1 aromatic rings. The highest BCUT2D eigenvalue weighted by Crippen LogP contribution is 2.12. The van der Waals surface area contributed by atoms with Crippen molar-refractivity contribution in [3.8, 4) is 0 Å². The number of halogens is 1. The summed E-state index contributed by atoms with van der Waals surface area (Å²) < 4.78 is 9.65. The summed E-state index contributed by atoms with van der Waals surface area (Å²) in [6.45, 7) is 0. The van der Waals surface area contributed by atoms with Crippen LogP contribution >= 0.6 is 11.6 Å². The van der Waals surface area contributed by atoms with Crippen LogP contribution in [0.4, 0.5) is 0 Å². The van der Waals surface area contributed by atoms with E-state index >= 15 is 0 Å². The van der Waals surface area contributed by atoms with Crippen molar-refractivity contribution in [1.29, 1.82) is 0 Å². The zero-order valence-corrected chi connectivity index (χ0v) is 9.90. The first-order valence-electron chi connectivity index (χ1n) is 4.70. The summed E-state index contributed by atoms with van der Waals surface area (Å²) in [5.41, 5.74) is 0.854. The molecule has 0 aromatic heterocycles. The Morgan fingerprint density at radius 3 is 2.62 bits per heavy atom. The Morgan fingerprint density at radius 1 is 1.38 bits per heavy atom. The van der Waals surface area contributed by atoms with Gasteiger partial charge in [0, 0.05) is 19.2 Å². The predicted octanol–water partition coefficient (Wildman–Crippen LogP) is 2.54. The van der Waals surface area contributed by atoms with E-state index in [-0.39, 0.29) is 5.78 Å². The van der Waals surface area contributed by atoms with Gasteiger partial charge in [-0.25, -0.2) is 0 Å². The number of ether oxygens (including phenoxy) is 2. The third-order valence-corrected chi connectivity index (χ3v) is 2.18. The van der Waals surface area contributed by atoms with Gasteiger partial charge in [0.1, 0.15) is 0 Å². The van der Waals surface area contributed by atoms with E-state index in [9.17, 15) is 4.79 Å². The molecule has 0 N–H and O–H groups in total. The molecule has 86 valence electrons. The Bertz CT molecular complexity index is 384. The molecule has 0 bridgehead atoms. The average Bonchev–Trinajstić information content (AvgIpc) is 2.28. The Labute approximate surface area is 99.6 Å². The maximum absolute atomic E-state index is 11.5. The Kier molecular flexibility index (Phi) is 5.19. The van der Waals surface area contributed by atoms with Crippen LogP contribution in [-0.2, 0) is 14.3 Å². The first-order chi connectivity index (χ1) is 7.67. The summed E-state index contributed by atoms with van der Waals surface area (Å²) in [6, 6.07) is 7.20. The van der Waals surface area contributed by atoms with Gasteiger partial charge in [0.2, 0.25) is 12.1 Å². The lowest BCUT2D eigenvalue weighted by Gasteiger charge is -2.08. The predicted molar refractivity (Wildman–Crippen MR) is 63.3 cm³/mol. The molecule has 0 amide bonds. The molecular weight excluding hydrogens is 228 g/mol. The van der Waals surface area contributed by atoms with Gasteiger partial charge >= 0.3 is 0 Å². The van der Waals surface area contributed by atoms with Crippen molar-refractivity contribution in [1.82, 2.24) is 0 Å². The van der Waals surface area contributed by atoms with Gasteiger partial charge in [-0.1, -0.05) is 29.8 Å². The van der Waals surface area contributed by atoms with E-state index in [4.69, 9.17) is 21.1 Å². The highest BCUT2D eigenvalue weighted by Gasteiger charge is 2.12. The third-order valence-electron chi connectivity index (χ3n) is 1.95. The Balaban J connectivity index is 2.70. The van der Waals surface area contributed by atoms with E-state index in [2.05, 4.69) is 0 Å². The van der Waals surface area contributed by atoms with Crippen molar-refractivity contribution in [2.75, 3.05) is 14.2 Å². The first-order valence-corrected chi connectivity index (χ1v) is 5.08. The van der Waals surface area contributed by atoms with Gasteiger partial charge < -0.3 is 9.47 Å². The largest absolute Gasteiger partial charge is 0.349 e. The summed E-state index contributed by atoms with van der Waals surface area (Å²) in [5, 5.41) is 0.629. The molecule has 1 rings (SSSR count). The molecule has 0 saturated carbocycles. The molecule has 0 fully saturated rings. The summed E-state index contributed by atoms with van der Waals surface area (Å²) in [4.78, 5) is 11.5. The lowest BCUT2D eigenvalue weighted by Crippen LogP contribution is -2.22. The molecule has 4 heteroatoms. The fourth-order valence-corrected chi connectivity index (χ4v) is 1.39. The molecule has 0 heterocycles.